The third-order valence-electron chi connectivity index (χ3n) is 2.91. The van der Waals surface area contributed by atoms with Gasteiger partial charge in [0.15, 0.2) is 0 Å². The molecule has 2 aromatic rings. The van der Waals surface area contributed by atoms with Crippen molar-refractivity contribution in [3.05, 3.63) is 30.4 Å². The van der Waals surface area contributed by atoms with Crippen LogP contribution in [0.5, 0.6) is 0 Å². The van der Waals surface area contributed by atoms with Crippen LogP contribution in [-0.4, -0.2) is 33.5 Å². The summed E-state index contributed by atoms with van der Waals surface area (Å²) in [5.41, 5.74) is 0.841. The van der Waals surface area contributed by atoms with Crippen molar-refractivity contribution in [3.63, 3.8) is 0 Å². The number of esters is 1. The molecule has 0 aliphatic heterocycles. The van der Waals surface area contributed by atoms with Gasteiger partial charge in [-0.05, 0) is 12.0 Å². The first-order valence-electron chi connectivity index (χ1n) is 6.21. The largest absolute Gasteiger partial charge is 0.468 e. The van der Waals surface area contributed by atoms with Crippen molar-refractivity contribution in [2.45, 2.75) is 26.4 Å². The molecule has 2 rings (SSSR count). The summed E-state index contributed by atoms with van der Waals surface area (Å²) in [6.45, 7) is 4.45. The minimum Gasteiger partial charge on any atom is -0.468 e. The fraction of sp³-hybridized carbons (Fsp3) is 0.462. The summed E-state index contributed by atoms with van der Waals surface area (Å²) in [5.74, 6) is 0.554. The lowest BCUT2D eigenvalue weighted by atomic mass is 10.0. The van der Waals surface area contributed by atoms with Crippen LogP contribution < -0.4 is 5.32 Å². The van der Waals surface area contributed by atoms with Gasteiger partial charge in [-0.2, -0.15) is 0 Å². The highest BCUT2D eigenvalue weighted by Gasteiger charge is 2.22. The van der Waals surface area contributed by atoms with E-state index < -0.39 is 0 Å². The zero-order valence-electron chi connectivity index (χ0n) is 11.3. The van der Waals surface area contributed by atoms with Gasteiger partial charge in [-0.25, -0.2) is 9.97 Å². The van der Waals surface area contributed by atoms with Crippen molar-refractivity contribution in [1.29, 1.82) is 0 Å². The predicted molar refractivity (Wildman–Crippen MR) is 70.5 cm³/mol. The molecule has 2 heterocycles. The second-order valence-corrected chi connectivity index (χ2v) is 4.68. The Bertz CT molecular complexity index is 532. The van der Waals surface area contributed by atoms with Crippen LogP contribution in [0.15, 0.2) is 24.7 Å². The number of rotatable bonds is 5. The maximum absolute atomic E-state index is 11.6. The van der Waals surface area contributed by atoms with E-state index in [1.54, 1.807) is 6.20 Å². The Morgan fingerprint density at radius 2 is 2.32 bits per heavy atom. The number of hydrogen-bond donors (Lipinski definition) is 1. The molecule has 0 saturated carbocycles. The van der Waals surface area contributed by atoms with E-state index in [9.17, 15) is 4.79 Å². The van der Waals surface area contributed by atoms with Crippen molar-refractivity contribution in [2.24, 2.45) is 5.92 Å². The van der Waals surface area contributed by atoms with Gasteiger partial charge >= 0.3 is 5.97 Å². The number of nitrogens with one attached hydrogen (secondary N) is 1. The van der Waals surface area contributed by atoms with E-state index >= 15 is 0 Å². The van der Waals surface area contributed by atoms with Crippen molar-refractivity contribution in [1.82, 2.24) is 19.7 Å². The van der Waals surface area contributed by atoms with Gasteiger partial charge in [0.2, 0.25) is 5.78 Å². The number of aromatic nitrogens is 3. The van der Waals surface area contributed by atoms with E-state index in [-0.39, 0.29) is 17.9 Å². The summed E-state index contributed by atoms with van der Waals surface area (Å²) < 4.78 is 6.63. The Kier molecular flexibility index (Phi) is 4.11. The standard InChI is InChI=1S/C13H18N4O2/c1-9(2)11(12(18)19-3)15-7-10-8-17-6-4-5-14-13(17)16-10/h4-6,8-9,11,15H,7H2,1-3H3. The second-order valence-electron chi connectivity index (χ2n) is 4.68. The maximum atomic E-state index is 11.6. The lowest BCUT2D eigenvalue weighted by Gasteiger charge is -2.19. The topological polar surface area (TPSA) is 68.5 Å². The first-order valence-corrected chi connectivity index (χ1v) is 6.21. The highest BCUT2D eigenvalue weighted by molar-refractivity contribution is 5.75. The smallest absolute Gasteiger partial charge is 0.323 e. The summed E-state index contributed by atoms with van der Waals surface area (Å²) in [7, 11) is 1.40. The Balaban J connectivity index is 2.06. The van der Waals surface area contributed by atoms with Gasteiger partial charge in [0.25, 0.3) is 0 Å². The van der Waals surface area contributed by atoms with Crippen LogP contribution in [0, 0.1) is 5.92 Å². The van der Waals surface area contributed by atoms with Gasteiger partial charge in [-0.3, -0.25) is 14.5 Å². The summed E-state index contributed by atoms with van der Waals surface area (Å²) in [5, 5.41) is 3.17. The second kappa shape index (κ2) is 5.79. The van der Waals surface area contributed by atoms with Crippen LogP contribution in [-0.2, 0) is 16.1 Å². The summed E-state index contributed by atoms with van der Waals surface area (Å²) >= 11 is 0. The third kappa shape index (κ3) is 3.08. The molecule has 2 aromatic heterocycles. The number of hydrogen-bond acceptors (Lipinski definition) is 5. The Labute approximate surface area is 111 Å². The van der Waals surface area contributed by atoms with Crippen molar-refractivity contribution < 1.29 is 9.53 Å². The number of ether oxygens (including phenoxy) is 1. The first-order chi connectivity index (χ1) is 9.11. The van der Waals surface area contributed by atoms with Crippen LogP contribution >= 0.6 is 0 Å². The molecular formula is C13H18N4O2. The predicted octanol–water partition coefficient (Wildman–Crippen LogP) is 1.02. The first kappa shape index (κ1) is 13.5. The molecule has 0 bridgehead atoms. The lowest BCUT2D eigenvalue weighted by molar-refractivity contribution is -0.144. The fourth-order valence-corrected chi connectivity index (χ4v) is 1.90. The highest BCUT2D eigenvalue weighted by atomic mass is 16.5. The Hall–Kier alpha value is -1.95. The molecule has 0 saturated heterocycles. The van der Waals surface area contributed by atoms with Crippen LogP contribution in [0.4, 0.5) is 0 Å². The van der Waals surface area contributed by atoms with Gasteiger partial charge in [-0.1, -0.05) is 13.8 Å². The average Bonchev–Trinajstić information content (AvgIpc) is 2.80. The summed E-state index contributed by atoms with van der Waals surface area (Å²) in [4.78, 5) is 20.1. The van der Waals surface area contributed by atoms with Crippen LogP contribution in [0.1, 0.15) is 19.5 Å². The minimum atomic E-state index is -0.331. The molecule has 1 unspecified atom stereocenters. The van der Waals surface area contributed by atoms with Gasteiger partial charge in [0.05, 0.1) is 12.8 Å². The maximum Gasteiger partial charge on any atom is 0.323 e. The molecule has 0 fully saturated rings. The molecule has 0 amide bonds. The van der Waals surface area contributed by atoms with Gasteiger partial charge in [0.1, 0.15) is 6.04 Å². The normalized spacial score (nSPS) is 12.8. The van der Waals surface area contributed by atoms with Crippen molar-refractivity contribution >= 4 is 11.7 Å². The molecule has 102 valence electrons. The summed E-state index contributed by atoms with van der Waals surface area (Å²) in [6, 6.07) is 1.51. The van der Waals surface area contributed by atoms with E-state index in [0.717, 1.165) is 5.69 Å². The fourth-order valence-electron chi connectivity index (χ4n) is 1.90. The number of nitrogens with zero attached hydrogens (tertiary/aromatic N) is 3. The molecule has 0 aliphatic rings. The Morgan fingerprint density at radius 3 is 2.95 bits per heavy atom. The quantitative estimate of drug-likeness (QED) is 0.815. The lowest BCUT2D eigenvalue weighted by Crippen LogP contribution is -2.41. The molecule has 1 atom stereocenters. The highest BCUT2D eigenvalue weighted by Crippen LogP contribution is 2.06. The molecule has 0 radical (unpaired) electrons. The molecule has 0 aliphatic carbocycles. The summed E-state index contributed by atoms with van der Waals surface area (Å²) in [6.07, 6.45) is 5.48. The molecule has 0 aromatic carbocycles. The number of imidazole rings is 1. The zero-order valence-corrected chi connectivity index (χ0v) is 11.3. The minimum absolute atomic E-state index is 0.155. The van der Waals surface area contributed by atoms with E-state index in [0.29, 0.717) is 12.3 Å². The number of methoxy groups -OCH3 is 1. The molecule has 19 heavy (non-hydrogen) atoms. The molecule has 6 nitrogen and oxygen atoms in total. The van der Waals surface area contributed by atoms with Gasteiger partial charge < -0.3 is 4.74 Å². The van der Waals surface area contributed by atoms with Crippen molar-refractivity contribution in [2.75, 3.05) is 7.11 Å². The third-order valence-corrected chi connectivity index (χ3v) is 2.91. The van der Waals surface area contributed by atoms with Crippen LogP contribution in [0.25, 0.3) is 5.78 Å². The number of carbonyl (C=O) groups excluding carboxylic acids is 1. The zero-order chi connectivity index (χ0) is 13.8. The van der Waals surface area contributed by atoms with Crippen LogP contribution in [0.2, 0.25) is 0 Å². The van der Waals surface area contributed by atoms with Crippen molar-refractivity contribution in [3.8, 4) is 0 Å². The molecule has 6 heteroatoms. The van der Waals surface area contributed by atoms with Gasteiger partial charge in [-0.15, -0.1) is 0 Å². The van der Waals surface area contributed by atoms with Crippen LogP contribution in [0.3, 0.4) is 0 Å². The van der Waals surface area contributed by atoms with E-state index in [1.165, 1.54) is 7.11 Å². The molecular weight excluding hydrogens is 244 g/mol. The Morgan fingerprint density at radius 1 is 1.53 bits per heavy atom. The van der Waals surface area contributed by atoms with E-state index in [2.05, 4.69) is 15.3 Å². The van der Waals surface area contributed by atoms with E-state index in [4.69, 9.17) is 4.74 Å². The SMILES string of the molecule is COC(=O)C(NCc1cn2cccnc2n1)C(C)C. The average molecular weight is 262 g/mol. The number of carbonyl (C=O) groups is 1. The van der Waals surface area contributed by atoms with Gasteiger partial charge in [0, 0.05) is 25.1 Å². The monoisotopic (exact) mass is 262 g/mol. The molecule has 1 N–H and O–H groups in total. The number of fused-ring (bicyclic) bond motifs is 1. The van der Waals surface area contributed by atoms with E-state index in [1.807, 2.05) is 36.7 Å². The molecule has 0 spiro atoms.